The lowest BCUT2D eigenvalue weighted by Crippen LogP contribution is -2.42. The maximum Gasteiger partial charge on any atom is 0.312 e. The van der Waals surface area contributed by atoms with Crippen molar-refractivity contribution in [3.05, 3.63) is 65.9 Å². The van der Waals surface area contributed by atoms with Gasteiger partial charge in [-0.15, -0.1) is 0 Å². The molecule has 1 saturated heterocycles. The van der Waals surface area contributed by atoms with E-state index in [4.69, 9.17) is 14.2 Å². The number of methoxy groups -OCH3 is 1. The summed E-state index contributed by atoms with van der Waals surface area (Å²) in [6.07, 6.45) is 0. The molecule has 1 fully saturated rings. The minimum absolute atomic E-state index is 0.0746. The molecule has 2 atom stereocenters. The van der Waals surface area contributed by atoms with Crippen LogP contribution in [0.15, 0.2) is 59.5 Å². The Labute approximate surface area is 186 Å². The fraction of sp³-hybridized carbons (Fsp3) is 0.304. The topological polar surface area (TPSA) is 104 Å². The summed E-state index contributed by atoms with van der Waals surface area (Å²) in [6, 6.07) is 15.3. The summed E-state index contributed by atoms with van der Waals surface area (Å²) >= 11 is 0. The van der Waals surface area contributed by atoms with Crippen LogP contribution in [0.1, 0.15) is 11.3 Å². The lowest BCUT2D eigenvalue weighted by Gasteiger charge is -2.17. The first-order valence-corrected chi connectivity index (χ1v) is 11.6. The molecule has 1 aromatic heterocycles. The second-order valence-electron chi connectivity index (χ2n) is 7.59. The number of pyridine rings is 1. The van der Waals surface area contributed by atoms with Gasteiger partial charge in [-0.05, 0) is 43.3 Å². The maximum absolute atomic E-state index is 12.8. The number of nitrogens with zero attached hydrogens (tertiary/aromatic N) is 1. The number of fused-ring (bicyclic) bond motifs is 1. The van der Waals surface area contributed by atoms with E-state index in [1.807, 2.05) is 37.3 Å². The van der Waals surface area contributed by atoms with Crippen LogP contribution in [0.3, 0.4) is 0 Å². The molecule has 1 aliphatic heterocycles. The Bertz CT molecular complexity index is 1230. The summed E-state index contributed by atoms with van der Waals surface area (Å²) in [5.41, 5.74) is 2.80. The summed E-state index contributed by atoms with van der Waals surface area (Å²) in [4.78, 5) is 16.4. The monoisotopic (exact) mass is 456 g/mol. The molecule has 0 spiro atoms. The lowest BCUT2D eigenvalue weighted by atomic mass is 10.1. The molecular weight excluding hydrogens is 432 g/mol. The first kappa shape index (κ1) is 22.2. The van der Waals surface area contributed by atoms with Gasteiger partial charge in [0.25, 0.3) is 0 Å². The van der Waals surface area contributed by atoms with Crippen molar-refractivity contribution in [2.24, 2.45) is 5.92 Å². The Morgan fingerprint density at radius 3 is 2.66 bits per heavy atom. The van der Waals surface area contributed by atoms with Gasteiger partial charge in [-0.25, -0.2) is 13.1 Å². The highest BCUT2D eigenvalue weighted by molar-refractivity contribution is 7.89. The van der Waals surface area contributed by atoms with Crippen molar-refractivity contribution in [3.63, 3.8) is 0 Å². The van der Waals surface area contributed by atoms with Gasteiger partial charge >= 0.3 is 5.97 Å². The van der Waals surface area contributed by atoms with Gasteiger partial charge in [0.2, 0.25) is 10.0 Å². The van der Waals surface area contributed by atoms with Gasteiger partial charge in [0.05, 0.1) is 42.7 Å². The number of nitrogens with one attached hydrogen (secondary N) is 1. The Morgan fingerprint density at radius 1 is 1.16 bits per heavy atom. The van der Waals surface area contributed by atoms with E-state index in [-0.39, 0.29) is 18.1 Å². The summed E-state index contributed by atoms with van der Waals surface area (Å²) < 4.78 is 43.9. The van der Waals surface area contributed by atoms with E-state index in [1.165, 1.54) is 19.2 Å². The van der Waals surface area contributed by atoms with Crippen LogP contribution in [0.5, 0.6) is 5.75 Å². The van der Waals surface area contributed by atoms with Crippen LogP contribution in [0.4, 0.5) is 0 Å². The summed E-state index contributed by atoms with van der Waals surface area (Å²) in [6.45, 7) is 2.49. The van der Waals surface area contributed by atoms with Crippen molar-refractivity contribution in [2.45, 2.75) is 24.5 Å². The molecule has 168 valence electrons. The molecule has 4 rings (SSSR count). The predicted octanol–water partition coefficient (Wildman–Crippen LogP) is 2.59. The van der Waals surface area contributed by atoms with Gasteiger partial charge in [0, 0.05) is 16.6 Å². The van der Waals surface area contributed by atoms with Crippen LogP contribution in [-0.2, 0) is 30.9 Å². The highest BCUT2D eigenvalue weighted by Crippen LogP contribution is 2.23. The van der Waals surface area contributed by atoms with Crippen LogP contribution in [0.2, 0.25) is 0 Å². The van der Waals surface area contributed by atoms with Gasteiger partial charge < -0.3 is 14.2 Å². The number of carbonyl (C=O) groups is 1. The lowest BCUT2D eigenvalue weighted by molar-refractivity contribution is -0.145. The first-order valence-electron chi connectivity index (χ1n) is 10.1. The number of esters is 1. The zero-order valence-electron chi connectivity index (χ0n) is 17.8. The number of benzene rings is 2. The standard InChI is InChI=1S/C23H24N2O6S/c1-15-11-16(19-5-3-4-6-21(19)24-15)12-31-17-7-9-18(10-8-17)32(27,28)25-22-14-30-13-20(22)23(26)29-2/h3-11,20,22,25H,12-14H2,1-2H3. The minimum atomic E-state index is -3.84. The van der Waals surface area contributed by atoms with Gasteiger partial charge in [0.1, 0.15) is 12.4 Å². The minimum Gasteiger partial charge on any atom is -0.489 e. The number of aromatic nitrogens is 1. The van der Waals surface area contributed by atoms with E-state index in [0.29, 0.717) is 12.4 Å². The van der Waals surface area contributed by atoms with E-state index < -0.39 is 28.0 Å². The number of hydrogen-bond donors (Lipinski definition) is 1. The highest BCUT2D eigenvalue weighted by Gasteiger charge is 2.37. The van der Waals surface area contributed by atoms with E-state index in [1.54, 1.807) is 12.1 Å². The normalized spacial score (nSPS) is 18.6. The molecule has 8 nitrogen and oxygen atoms in total. The summed E-state index contributed by atoms with van der Waals surface area (Å²) in [5, 5.41) is 1.01. The number of carbonyl (C=O) groups excluding carboxylic acids is 1. The highest BCUT2D eigenvalue weighted by atomic mass is 32.2. The van der Waals surface area contributed by atoms with Gasteiger partial charge in [0.15, 0.2) is 0 Å². The second-order valence-corrected chi connectivity index (χ2v) is 9.31. The van der Waals surface area contributed by atoms with Crippen molar-refractivity contribution in [2.75, 3.05) is 20.3 Å². The SMILES string of the molecule is COC(=O)C1COCC1NS(=O)(=O)c1ccc(OCc2cc(C)nc3ccccc23)cc1. The average molecular weight is 457 g/mol. The van der Waals surface area contributed by atoms with Crippen molar-refractivity contribution >= 4 is 26.9 Å². The fourth-order valence-corrected chi connectivity index (χ4v) is 4.97. The molecule has 1 aliphatic rings. The number of sulfonamides is 1. The van der Waals surface area contributed by atoms with Crippen LogP contribution >= 0.6 is 0 Å². The zero-order chi connectivity index (χ0) is 22.7. The quantitative estimate of drug-likeness (QED) is 0.545. The number of ether oxygens (including phenoxy) is 3. The predicted molar refractivity (Wildman–Crippen MR) is 118 cm³/mol. The number of hydrogen-bond acceptors (Lipinski definition) is 7. The van der Waals surface area contributed by atoms with Crippen molar-refractivity contribution in [1.82, 2.24) is 9.71 Å². The molecular formula is C23H24N2O6S. The third-order valence-corrected chi connectivity index (χ3v) is 6.86. The third kappa shape index (κ3) is 4.74. The van der Waals surface area contributed by atoms with Crippen molar-refractivity contribution in [3.8, 4) is 5.75 Å². The third-order valence-electron chi connectivity index (χ3n) is 5.35. The van der Waals surface area contributed by atoms with Crippen LogP contribution in [0, 0.1) is 12.8 Å². The van der Waals surface area contributed by atoms with E-state index in [9.17, 15) is 13.2 Å². The van der Waals surface area contributed by atoms with E-state index in [0.717, 1.165) is 22.2 Å². The second kappa shape index (κ2) is 9.23. The molecule has 3 aromatic rings. The van der Waals surface area contributed by atoms with Crippen LogP contribution in [-0.4, -0.2) is 45.7 Å². The fourth-order valence-electron chi connectivity index (χ4n) is 3.71. The number of rotatable bonds is 7. The van der Waals surface area contributed by atoms with Crippen molar-refractivity contribution < 1.29 is 27.4 Å². The van der Waals surface area contributed by atoms with Gasteiger partial charge in [-0.2, -0.15) is 0 Å². The maximum atomic E-state index is 12.8. The van der Waals surface area contributed by atoms with Gasteiger partial charge in [-0.3, -0.25) is 9.78 Å². The van der Waals surface area contributed by atoms with Crippen LogP contribution in [0.25, 0.3) is 10.9 Å². The summed E-state index contributed by atoms with van der Waals surface area (Å²) in [7, 11) is -2.57. The Morgan fingerprint density at radius 2 is 1.91 bits per heavy atom. The number of para-hydroxylation sites is 1. The van der Waals surface area contributed by atoms with Crippen molar-refractivity contribution in [1.29, 1.82) is 0 Å². The zero-order valence-corrected chi connectivity index (χ0v) is 18.6. The number of aryl methyl sites for hydroxylation is 1. The molecule has 9 heteroatoms. The molecule has 0 saturated carbocycles. The molecule has 32 heavy (non-hydrogen) atoms. The molecule has 0 bridgehead atoms. The molecule has 0 amide bonds. The molecule has 2 heterocycles. The Hall–Kier alpha value is -3.01. The van der Waals surface area contributed by atoms with E-state index in [2.05, 4.69) is 9.71 Å². The van der Waals surface area contributed by atoms with Crippen LogP contribution < -0.4 is 9.46 Å². The Kier molecular flexibility index (Phi) is 6.40. The molecule has 2 unspecified atom stereocenters. The molecule has 1 N–H and O–H groups in total. The average Bonchev–Trinajstić information content (AvgIpc) is 3.24. The smallest absolute Gasteiger partial charge is 0.312 e. The van der Waals surface area contributed by atoms with Gasteiger partial charge in [-0.1, -0.05) is 18.2 Å². The molecule has 0 radical (unpaired) electrons. The Balaban J connectivity index is 1.45. The van der Waals surface area contributed by atoms with E-state index >= 15 is 0 Å². The summed E-state index contributed by atoms with van der Waals surface area (Å²) in [5.74, 6) is -0.632. The molecule has 0 aliphatic carbocycles. The largest absolute Gasteiger partial charge is 0.489 e. The molecule has 2 aromatic carbocycles. The first-order chi connectivity index (χ1) is 15.4.